The zero-order chi connectivity index (χ0) is 13.3. The summed E-state index contributed by atoms with van der Waals surface area (Å²) in [4.78, 5) is 21.9. The maximum absolute atomic E-state index is 11.7. The number of nitrogens with two attached hydrogens (primary N) is 1. The third kappa shape index (κ3) is 3.12. The number of carbonyl (C=O) groups excluding carboxylic acids is 1. The first kappa shape index (κ1) is 15.2. The summed E-state index contributed by atoms with van der Waals surface area (Å²) < 4.78 is 4.87. The van der Waals surface area contributed by atoms with Crippen LogP contribution in [0.5, 0.6) is 5.75 Å². The first-order valence-electron chi connectivity index (χ1n) is 5.39. The van der Waals surface area contributed by atoms with E-state index < -0.39 is 10.5 Å². The minimum atomic E-state index is -0.811. The average molecular weight is 288 g/mol. The Kier molecular flexibility index (Phi) is 4.33. The second kappa shape index (κ2) is 5.41. The fourth-order valence-electron chi connectivity index (χ4n) is 1.53. The lowest BCUT2D eigenvalue weighted by atomic mass is 10.2. The predicted molar refractivity (Wildman–Crippen MR) is 71.7 cm³/mol. The molecule has 0 aromatic heterocycles. The van der Waals surface area contributed by atoms with Gasteiger partial charge in [0.05, 0.1) is 17.6 Å². The van der Waals surface area contributed by atoms with Gasteiger partial charge >= 0.3 is 5.69 Å². The monoisotopic (exact) mass is 287 g/mol. The van der Waals surface area contributed by atoms with Crippen molar-refractivity contribution in [1.29, 1.82) is 0 Å². The highest BCUT2D eigenvalue weighted by atomic mass is 35.5. The lowest BCUT2D eigenvalue weighted by Crippen LogP contribution is -2.37. The number of ether oxygens (including phenoxy) is 1. The van der Waals surface area contributed by atoms with Crippen LogP contribution in [0.2, 0.25) is 0 Å². The second-order valence-corrected chi connectivity index (χ2v) is 4.25. The minimum absolute atomic E-state index is 0. The standard InChI is InChI=1S/C11H13N3O4.ClH/c1-18-9-3-2-7(6-8(9)14(16)17)13-10(15)11(12)4-5-11;/h2-3,6H,4-5,12H2,1H3,(H,13,15);1H. The van der Waals surface area contributed by atoms with Crippen LogP contribution in [-0.2, 0) is 4.79 Å². The topological polar surface area (TPSA) is 107 Å². The van der Waals surface area contributed by atoms with Gasteiger partial charge < -0.3 is 15.8 Å². The molecule has 1 saturated carbocycles. The number of nitro groups is 1. The molecule has 2 rings (SSSR count). The van der Waals surface area contributed by atoms with Crippen molar-refractivity contribution in [3.8, 4) is 5.75 Å². The van der Waals surface area contributed by atoms with Crippen LogP contribution in [0.4, 0.5) is 11.4 Å². The van der Waals surface area contributed by atoms with Crippen molar-refractivity contribution < 1.29 is 14.5 Å². The van der Waals surface area contributed by atoms with E-state index in [1.54, 1.807) is 0 Å². The molecule has 3 N–H and O–H groups in total. The van der Waals surface area contributed by atoms with Crippen molar-refractivity contribution >= 4 is 29.7 Å². The van der Waals surface area contributed by atoms with Crippen molar-refractivity contribution in [2.24, 2.45) is 5.73 Å². The number of anilines is 1. The van der Waals surface area contributed by atoms with Crippen LogP contribution < -0.4 is 15.8 Å². The Hall–Kier alpha value is -1.86. The number of hydrogen-bond donors (Lipinski definition) is 2. The molecule has 1 aliphatic carbocycles. The van der Waals surface area contributed by atoms with Gasteiger partial charge in [-0.15, -0.1) is 12.4 Å². The molecule has 1 aromatic carbocycles. The molecule has 19 heavy (non-hydrogen) atoms. The summed E-state index contributed by atoms with van der Waals surface area (Å²) >= 11 is 0. The van der Waals surface area contributed by atoms with Gasteiger partial charge in [-0.2, -0.15) is 0 Å². The summed E-state index contributed by atoms with van der Waals surface area (Å²) in [6, 6.07) is 4.22. The van der Waals surface area contributed by atoms with E-state index in [0.29, 0.717) is 18.5 Å². The van der Waals surface area contributed by atoms with Crippen LogP contribution in [0.25, 0.3) is 0 Å². The fraction of sp³-hybridized carbons (Fsp3) is 0.364. The summed E-state index contributed by atoms with van der Waals surface area (Å²) in [5, 5.41) is 13.4. The van der Waals surface area contributed by atoms with Crippen LogP contribution in [0, 0.1) is 10.1 Å². The molecule has 0 bridgehead atoms. The van der Waals surface area contributed by atoms with Crippen LogP contribution in [0.3, 0.4) is 0 Å². The second-order valence-electron chi connectivity index (χ2n) is 4.25. The molecule has 0 unspecified atom stereocenters. The quantitative estimate of drug-likeness (QED) is 0.644. The SMILES string of the molecule is COc1ccc(NC(=O)C2(N)CC2)cc1[N+](=O)[O-].Cl. The Morgan fingerprint density at radius 1 is 1.53 bits per heavy atom. The third-order valence-electron chi connectivity index (χ3n) is 2.87. The Bertz CT molecular complexity index is 517. The maximum Gasteiger partial charge on any atom is 0.312 e. The molecule has 1 aliphatic rings. The van der Waals surface area contributed by atoms with Gasteiger partial charge in [0, 0.05) is 11.8 Å². The molecule has 0 spiro atoms. The Morgan fingerprint density at radius 2 is 2.16 bits per heavy atom. The van der Waals surface area contributed by atoms with Crippen LogP contribution in [0.1, 0.15) is 12.8 Å². The highest BCUT2D eigenvalue weighted by Crippen LogP contribution is 2.34. The smallest absolute Gasteiger partial charge is 0.312 e. The van der Waals surface area contributed by atoms with Gasteiger partial charge in [0.1, 0.15) is 0 Å². The number of hydrogen-bond acceptors (Lipinski definition) is 5. The number of nitro benzene ring substituents is 1. The van der Waals surface area contributed by atoms with Crippen LogP contribution in [0.15, 0.2) is 18.2 Å². The van der Waals surface area contributed by atoms with E-state index in [0.717, 1.165) is 0 Å². The van der Waals surface area contributed by atoms with Gasteiger partial charge in [-0.3, -0.25) is 14.9 Å². The number of halogens is 1. The van der Waals surface area contributed by atoms with E-state index in [4.69, 9.17) is 10.5 Å². The summed E-state index contributed by atoms with van der Waals surface area (Å²) in [6.45, 7) is 0. The van der Waals surface area contributed by atoms with Gasteiger partial charge in [0.25, 0.3) is 0 Å². The molecule has 7 nitrogen and oxygen atoms in total. The van der Waals surface area contributed by atoms with Gasteiger partial charge in [-0.1, -0.05) is 0 Å². The molecule has 104 valence electrons. The molecule has 0 saturated heterocycles. The largest absolute Gasteiger partial charge is 0.490 e. The van der Waals surface area contributed by atoms with Crippen LogP contribution in [-0.4, -0.2) is 23.5 Å². The van der Waals surface area contributed by atoms with Gasteiger partial charge in [-0.05, 0) is 25.0 Å². The van der Waals surface area contributed by atoms with Gasteiger partial charge in [0.15, 0.2) is 5.75 Å². The highest BCUT2D eigenvalue weighted by Gasteiger charge is 2.46. The molecular weight excluding hydrogens is 274 g/mol. The number of amides is 1. The molecule has 1 fully saturated rings. The maximum atomic E-state index is 11.7. The normalized spacial score (nSPS) is 15.1. The molecule has 0 atom stereocenters. The number of methoxy groups -OCH3 is 1. The predicted octanol–water partition coefficient (Wildman–Crippen LogP) is 1.45. The van der Waals surface area contributed by atoms with Crippen molar-refractivity contribution in [3.63, 3.8) is 0 Å². The summed E-state index contributed by atoms with van der Waals surface area (Å²) in [7, 11) is 1.35. The number of rotatable bonds is 4. The Morgan fingerprint density at radius 3 is 2.63 bits per heavy atom. The van der Waals surface area contributed by atoms with Gasteiger partial charge in [-0.25, -0.2) is 0 Å². The first-order valence-corrected chi connectivity index (χ1v) is 5.39. The summed E-state index contributed by atoms with van der Waals surface area (Å²) in [6.07, 6.45) is 1.27. The molecule has 1 aromatic rings. The van der Waals surface area contributed by atoms with E-state index in [-0.39, 0.29) is 29.8 Å². The van der Waals surface area contributed by atoms with E-state index in [1.165, 1.54) is 25.3 Å². The molecule has 8 heteroatoms. The first-order chi connectivity index (χ1) is 8.46. The molecule has 0 radical (unpaired) electrons. The Labute approximate surface area is 115 Å². The summed E-state index contributed by atoms with van der Waals surface area (Å²) in [5.74, 6) is -0.172. The number of benzene rings is 1. The molecule has 0 heterocycles. The average Bonchev–Trinajstić information content (AvgIpc) is 3.08. The highest BCUT2D eigenvalue weighted by molar-refractivity contribution is 6.00. The zero-order valence-corrected chi connectivity index (χ0v) is 11.0. The van der Waals surface area contributed by atoms with E-state index in [9.17, 15) is 14.9 Å². The third-order valence-corrected chi connectivity index (χ3v) is 2.87. The van der Waals surface area contributed by atoms with Crippen molar-refractivity contribution in [1.82, 2.24) is 0 Å². The number of nitrogens with one attached hydrogen (secondary N) is 1. The minimum Gasteiger partial charge on any atom is -0.490 e. The van der Waals surface area contributed by atoms with Crippen molar-refractivity contribution in [2.75, 3.05) is 12.4 Å². The Balaban J connectivity index is 0.00000180. The fourth-order valence-corrected chi connectivity index (χ4v) is 1.53. The zero-order valence-electron chi connectivity index (χ0n) is 10.2. The molecule has 1 amide bonds. The lowest BCUT2D eigenvalue weighted by molar-refractivity contribution is -0.385. The molecular formula is C11H14ClN3O4. The summed E-state index contributed by atoms with van der Waals surface area (Å²) in [5.41, 5.74) is 5.05. The van der Waals surface area contributed by atoms with E-state index >= 15 is 0 Å². The number of nitrogens with zero attached hydrogens (tertiary/aromatic N) is 1. The lowest BCUT2D eigenvalue weighted by Gasteiger charge is -2.10. The van der Waals surface area contributed by atoms with Crippen molar-refractivity contribution in [2.45, 2.75) is 18.4 Å². The van der Waals surface area contributed by atoms with E-state index in [1.807, 2.05) is 0 Å². The van der Waals surface area contributed by atoms with E-state index in [2.05, 4.69) is 5.32 Å². The van der Waals surface area contributed by atoms with Gasteiger partial charge in [0.2, 0.25) is 5.91 Å². The van der Waals surface area contributed by atoms with Crippen LogP contribution >= 0.6 is 12.4 Å². The number of carbonyl (C=O) groups is 1. The molecule has 0 aliphatic heterocycles. The van der Waals surface area contributed by atoms with Crippen molar-refractivity contribution in [3.05, 3.63) is 28.3 Å².